The molecular formula is C14H17NO2. The molecule has 0 aliphatic heterocycles. The van der Waals surface area contributed by atoms with Crippen molar-refractivity contribution in [3.8, 4) is 0 Å². The second-order valence-electron chi connectivity index (χ2n) is 4.44. The van der Waals surface area contributed by atoms with Crippen LogP contribution in [-0.4, -0.2) is 16.1 Å². The SMILES string of the molecule is CCCCc1c[nH]c2cc(C(=O)O)c(C)cc12. The van der Waals surface area contributed by atoms with Gasteiger partial charge in [-0.3, -0.25) is 0 Å². The minimum Gasteiger partial charge on any atom is -0.478 e. The minimum absolute atomic E-state index is 0.376. The number of rotatable bonds is 4. The van der Waals surface area contributed by atoms with Gasteiger partial charge >= 0.3 is 5.97 Å². The number of aryl methyl sites for hydroxylation is 2. The van der Waals surface area contributed by atoms with Crippen molar-refractivity contribution >= 4 is 16.9 Å². The number of aromatic nitrogens is 1. The number of carboxylic acids is 1. The highest BCUT2D eigenvalue weighted by Crippen LogP contribution is 2.24. The van der Waals surface area contributed by atoms with Gasteiger partial charge in [-0.25, -0.2) is 4.79 Å². The van der Waals surface area contributed by atoms with Crippen molar-refractivity contribution < 1.29 is 9.90 Å². The number of aromatic carboxylic acids is 1. The zero-order valence-electron chi connectivity index (χ0n) is 10.2. The fraction of sp³-hybridized carbons (Fsp3) is 0.357. The van der Waals surface area contributed by atoms with Crippen molar-refractivity contribution in [3.05, 3.63) is 35.0 Å². The van der Waals surface area contributed by atoms with E-state index >= 15 is 0 Å². The van der Waals surface area contributed by atoms with Crippen molar-refractivity contribution in [3.63, 3.8) is 0 Å². The third-order valence-electron chi connectivity index (χ3n) is 3.14. The summed E-state index contributed by atoms with van der Waals surface area (Å²) >= 11 is 0. The van der Waals surface area contributed by atoms with Gasteiger partial charge in [-0.15, -0.1) is 0 Å². The molecule has 3 heteroatoms. The van der Waals surface area contributed by atoms with Gasteiger partial charge in [0.2, 0.25) is 0 Å². The van der Waals surface area contributed by atoms with Crippen molar-refractivity contribution in [1.82, 2.24) is 4.98 Å². The molecule has 0 radical (unpaired) electrons. The molecule has 0 saturated heterocycles. The second-order valence-corrected chi connectivity index (χ2v) is 4.44. The summed E-state index contributed by atoms with van der Waals surface area (Å²) in [5, 5.41) is 10.2. The molecule has 1 aromatic carbocycles. The molecule has 0 atom stereocenters. The first kappa shape index (κ1) is 11.7. The van der Waals surface area contributed by atoms with Gasteiger partial charge in [0, 0.05) is 17.1 Å². The number of benzene rings is 1. The molecule has 2 N–H and O–H groups in total. The van der Waals surface area contributed by atoms with Crippen LogP contribution in [0, 0.1) is 6.92 Å². The molecular weight excluding hydrogens is 214 g/mol. The van der Waals surface area contributed by atoms with Crippen LogP contribution in [0.25, 0.3) is 10.9 Å². The van der Waals surface area contributed by atoms with Crippen LogP contribution in [0.5, 0.6) is 0 Å². The average Bonchev–Trinajstić information content (AvgIpc) is 2.67. The Balaban J connectivity index is 2.48. The number of nitrogens with one attached hydrogen (secondary N) is 1. The lowest BCUT2D eigenvalue weighted by atomic mass is 10.0. The summed E-state index contributed by atoms with van der Waals surface area (Å²) in [6, 6.07) is 3.70. The summed E-state index contributed by atoms with van der Waals surface area (Å²) < 4.78 is 0. The number of carboxylic acid groups (broad SMARTS) is 1. The maximum Gasteiger partial charge on any atom is 0.336 e. The Bertz CT molecular complexity index is 555. The molecule has 2 rings (SSSR count). The van der Waals surface area contributed by atoms with Crippen molar-refractivity contribution in [2.75, 3.05) is 0 Å². The first-order chi connectivity index (χ1) is 8.13. The summed E-state index contributed by atoms with van der Waals surface area (Å²) in [4.78, 5) is 14.2. The third kappa shape index (κ3) is 2.18. The van der Waals surface area contributed by atoms with E-state index < -0.39 is 5.97 Å². The van der Waals surface area contributed by atoms with E-state index in [2.05, 4.69) is 11.9 Å². The molecule has 0 aliphatic rings. The van der Waals surface area contributed by atoms with Crippen molar-refractivity contribution in [2.45, 2.75) is 33.1 Å². The van der Waals surface area contributed by atoms with Gasteiger partial charge < -0.3 is 10.1 Å². The van der Waals surface area contributed by atoms with Gasteiger partial charge in [0.05, 0.1) is 5.56 Å². The predicted molar refractivity (Wildman–Crippen MR) is 68.6 cm³/mol. The molecule has 90 valence electrons. The van der Waals surface area contributed by atoms with Crippen molar-refractivity contribution in [1.29, 1.82) is 0 Å². The van der Waals surface area contributed by atoms with Crippen LogP contribution in [0.3, 0.4) is 0 Å². The zero-order valence-corrected chi connectivity index (χ0v) is 10.2. The van der Waals surface area contributed by atoms with E-state index in [1.54, 1.807) is 6.07 Å². The molecule has 0 unspecified atom stereocenters. The van der Waals surface area contributed by atoms with Gasteiger partial charge in [0.25, 0.3) is 0 Å². The Morgan fingerprint density at radius 2 is 2.18 bits per heavy atom. The largest absolute Gasteiger partial charge is 0.478 e. The number of H-pyrrole nitrogens is 1. The fourth-order valence-corrected chi connectivity index (χ4v) is 2.14. The molecule has 0 bridgehead atoms. The fourth-order valence-electron chi connectivity index (χ4n) is 2.14. The smallest absolute Gasteiger partial charge is 0.336 e. The van der Waals surface area contributed by atoms with Crippen LogP contribution in [0.1, 0.15) is 41.3 Å². The Kier molecular flexibility index (Phi) is 3.18. The molecule has 0 spiro atoms. The highest BCUT2D eigenvalue weighted by Gasteiger charge is 2.11. The molecule has 0 saturated carbocycles. The summed E-state index contributed by atoms with van der Waals surface area (Å²) in [5.41, 5.74) is 3.39. The first-order valence-electron chi connectivity index (χ1n) is 5.97. The number of fused-ring (bicyclic) bond motifs is 1. The Morgan fingerprint density at radius 1 is 1.41 bits per heavy atom. The average molecular weight is 231 g/mol. The number of hydrogen-bond acceptors (Lipinski definition) is 1. The quantitative estimate of drug-likeness (QED) is 0.845. The van der Waals surface area contributed by atoms with Crippen LogP contribution >= 0.6 is 0 Å². The van der Waals surface area contributed by atoms with Crippen LogP contribution in [-0.2, 0) is 6.42 Å². The molecule has 3 nitrogen and oxygen atoms in total. The second kappa shape index (κ2) is 4.62. The van der Waals surface area contributed by atoms with E-state index in [4.69, 9.17) is 5.11 Å². The lowest BCUT2D eigenvalue weighted by Crippen LogP contribution is -1.99. The van der Waals surface area contributed by atoms with Gasteiger partial charge in [0.15, 0.2) is 0 Å². The van der Waals surface area contributed by atoms with E-state index in [0.29, 0.717) is 5.56 Å². The Hall–Kier alpha value is -1.77. The van der Waals surface area contributed by atoms with E-state index in [9.17, 15) is 4.79 Å². The molecule has 2 aromatic rings. The standard InChI is InChI=1S/C14H17NO2/c1-3-4-5-10-8-15-13-7-11(14(16)17)9(2)6-12(10)13/h6-8,15H,3-5H2,1-2H3,(H,16,17). The minimum atomic E-state index is -0.867. The number of aromatic amines is 1. The maximum atomic E-state index is 11.0. The lowest BCUT2D eigenvalue weighted by molar-refractivity contribution is 0.0696. The van der Waals surface area contributed by atoms with Crippen molar-refractivity contribution in [2.24, 2.45) is 0 Å². The normalized spacial score (nSPS) is 10.9. The van der Waals surface area contributed by atoms with Gasteiger partial charge in [-0.2, -0.15) is 0 Å². The summed E-state index contributed by atoms with van der Waals surface area (Å²) in [6.07, 6.45) is 5.36. The summed E-state index contributed by atoms with van der Waals surface area (Å²) in [5.74, 6) is -0.867. The highest BCUT2D eigenvalue weighted by atomic mass is 16.4. The van der Waals surface area contributed by atoms with Gasteiger partial charge in [-0.05, 0) is 43.0 Å². The third-order valence-corrected chi connectivity index (χ3v) is 3.14. The van der Waals surface area contributed by atoms with Gasteiger partial charge in [-0.1, -0.05) is 13.3 Å². The van der Waals surface area contributed by atoms with E-state index in [0.717, 1.165) is 29.3 Å². The van der Waals surface area contributed by atoms with Crippen LogP contribution < -0.4 is 0 Å². The highest BCUT2D eigenvalue weighted by molar-refractivity contribution is 5.96. The van der Waals surface area contributed by atoms with Gasteiger partial charge in [0.1, 0.15) is 0 Å². The Morgan fingerprint density at radius 3 is 2.82 bits per heavy atom. The summed E-state index contributed by atoms with van der Waals surface area (Å²) in [7, 11) is 0. The number of carbonyl (C=O) groups is 1. The van der Waals surface area contributed by atoms with Crippen LogP contribution in [0.15, 0.2) is 18.3 Å². The maximum absolute atomic E-state index is 11.0. The van der Waals surface area contributed by atoms with Crippen LogP contribution in [0.2, 0.25) is 0 Å². The van der Waals surface area contributed by atoms with E-state index in [1.807, 2.05) is 19.2 Å². The summed E-state index contributed by atoms with van der Waals surface area (Å²) in [6.45, 7) is 4.02. The molecule has 17 heavy (non-hydrogen) atoms. The molecule has 0 amide bonds. The Labute approximate surface area is 100 Å². The van der Waals surface area contributed by atoms with E-state index in [1.165, 1.54) is 12.0 Å². The van der Waals surface area contributed by atoms with Crippen LogP contribution in [0.4, 0.5) is 0 Å². The lowest BCUT2D eigenvalue weighted by Gasteiger charge is -2.03. The molecule has 0 fully saturated rings. The number of hydrogen-bond donors (Lipinski definition) is 2. The number of unbranched alkanes of at least 4 members (excludes halogenated alkanes) is 1. The topological polar surface area (TPSA) is 53.1 Å². The molecule has 0 aliphatic carbocycles. The first-order valence-corrected chi connectivity index (χ1v) is 5.97. The molecule has 1 aromatic heterocycles. The monoisotopic (exact) mass is 231 g/mol. The zero-order chi connectivity index (χ0) is 12.4. The molecule has 1 heterocycles. The van der Waals surface area contributed by atoms with E-state index in [-0.39, 0.29) is 0 Å². The predicted octanol–water partition coefficient (Wildman–Crippen LogP) is 3.52.